The van der Waals surface area contributed by atoms with Crippen molar-refractivity contribution in [3.8, 4) is 0 Å². The molecule has 5 heteroatoms. The average Bonchev–Trinajstić information content (AvgIpc) is 2.80. The van der Waals surface area contributed by atoms with Crippen molar-refractivity contribution in [2.75, 3.05) is 6.54 Å². The second-order valence-corrected chi connectivity index (χ2v) is 7.39. The van der Waals surface area contributed by atoms with Gasteiger partial charge in [-0.25, -0.2) is 4.39 Å². The molecular weight excluding hydrogens is 393 g/mol. The molecule has 0 saturated heterocycles. The fourth-order valence-corrected chi connectivity index (χ4v) is 3.48. The van der Waals surface area contributed by atoms with Crippen molar-refractivity contribution in [1.82, 2.24) is 5.32 Å². The van der Waals surface area contributed by atoms with Gasteiger partial charge in [0.1, 0.15) is 5.82 Å². The van der Waals surface area contributed by atoms with Gasteiger partial charge in [-0.1, -0.05) is 13.0 Å². The molecule has 1 nitrogen and oxygen atoms in total. The zero-order valence-electron chi connectivity index (χ0n) is 10.4. The lowest BCUT2D eigenvalue weighted by Gasteiger charge is -2.18. The van der Waals surface area contributed by atoms with Crippen LogP contribution in [0.2, 0.25) is 0 Å². The molecule has 0 aliphatic heterocycles. The summed E-state index contributed by atoms with van der Waals surface area (Å²) in [5.74, 6) is -0.232. The Morgan fingerprint density at radius 1 is 1.26 bits per heavy atom. The van der Waals surface area contributed by atoms with E-state index in [2.05, 4.69) is 55.5 Å². The van der Waals surface area contributed by atoms with Crippen molar-refractivity contribution in [2.45, 2.75) is 19.4 Å². The van der Waals surface area contributed by atoms with Gasteiger partial charge < -0.3 is 5.32 Å². The highest BCUT2D eigenvalue weighted by Gasteiger charge is 2.16. The number of hydrogen-bond acceptors (Lipinski definition) is 2. The first kappa shape index (κ1) is 15.2. The smallest absolute Gasteiger partial charge is 0.137 e. The first-order valence-electron chi connectivity index (χ1n) is 6.04. The summed E-state index contributed by atoms with van der Waals surface area (Å²) < 4.78 is 15.0. The second-order valence-electron chi connectivity index (χ2n) is 4.24. The van der Waals surface area contributed by atoms with Crippen molar-refractivity contribution in [3.63, 3.8) is 0 Å². The van der Waals surface area contributed by atoms with E-state index in [0.717, 1.165) is 22.3 Å². The molecule has 2 rings (SSSR count). The Bertz CT molecular complexity index is 556. The molecule has 0 spiro atoms. The van der Waals surface area contributed by atoms with E-state index in [1.807, 2.05) is 12.1 Å². The highest BCUT2D eigenvalue weighted by atomic mass is 79.9. The predicted octanol–water partition coefficient (Wildman–Crippen LogP) is 5.50. The Labute approximate surface area is 133 Å². The second kappa shape index (κ2) is 6.97. The standard InChI is InChI=1S/C14H14Br2FNS/c1-2-5-18-14(10-7-13(16)19-8-10)9-3-4-12(17)11(15)6-9/h3-4,6-8,14,18H,2,5H2,1H3. The van der Waals surface area contributed by atoms with Crippen LogP contribution in [0.1, 0.15) is 30.5 Å². The Morgan fingerprint density at radius 3 is 2.63 bits per heavy atom. The number of nitrogens with one attached hydrogen (secondary N) is 1. The van der Waals surface area contributed by atoms with Crippen LogP contribution < -0.4 is 5.32 Å². The quantitative estimate of drug-likeness (QED) is 0.690. The molecule has 0 aliphatic rings. The number of rotatable bonds is 5. The normalized spacial score (nSPS) is 12.6. The molecule has 2 aromatic rings. The maximum Gasteiger partial charge on any atom is 0.137 e. The summed E-state index contributed by atoms with van der Waals surface area (Å²) >= 11 is 8.40. The lowest BCUT2D eigenvalue weighted by Crippen LogP contribution is -2.22. The lowest BCUT2D eigenvalue weighted by molar-refractivity contribution is 0.592. The van der Waals surface area contributed by atoms with Gasteiger partial charge in [0.25, 0.3) is 0 Å². The van der Waals surface area contributed by atoms with E-state index in [9.17, 15) is 4.39 Å². The van der Waals surface area contributed by atoms with Crippen LogP contribution in [0.15, 0.2) is 37.9 Å². The first-order valence-corrected chi connectivity index (χ1v) is 8.50. The van der Waals surface area contributed by atoms with Gasteiger partial charge in [-0.05, 0) is 79.5 Å². The van der Waals surface area contributed by atoms with Gasteiger partial charge in [0.2, 0.25) is 0 Å². The van der Waals surface area contributed by atoms with E-state index < -0.39 is 0 Å². The summed E-state index contributed by atoms with van der Waals surface area (Å²) in [7, 11) is 0. The van der Waals surface area contributed by atoms with E-state index in [1.165, 1.54) is 11.6 Å². The van der Waals surface area contributed by atoms with Crippen molar-refractivity contribution in [1.29, 1.82) is 0 Å². The maximum atomic E-state index is 13.3. The third-order valence-corrected chi connectivity index (χ3v) is 4.93. The Morgan fingerprint density at radius 2 is 2.05 bits per heavy atom. The molecule has 1 heterocycles. The van der Waals surface area contributed by atoms with Crippen LogP contribution in [-0.2, 0) is 0 Å². The third kappa shape index (κ3) is 3.88. The average molecular weight is 407 g/mol. The van der Waals surface area contributed by atoms with Crippen LogP contribution in [-0.4, -0.2) is 6.54 Å². The van der Waals surface area contributed by atoms with Crippen LogP contribution in [0.25, 0.3) is 0 Å². The number of benzene rings is 1. The molecule has 19 heavy (non-hydrogen) atoms. The summed E-state index contributed by atoms with van der Waals surface area (Å²) in [5.41, 5.74) is 2.26. The van der Waals surface area contributed by atoms with Crippen molar-refractivity contribution >= 4 is 43.2 Å². The minimum absolute atomic E-state index is 0.0967. The number of halogens is 3. The summed E-state index contributed by atoms with van der Waals surface area (Å²) in [4.78, 5) is 0. The van der Waals surface area contributed by atoms with Gasteiger partial charge in [0.05, 0.1) is 14.3 Å². The monoisotopic (exact) mass is 405 g/mol. The molecule has 1 aromatic heterocycles. The van der Waals surface area contributed by atoms with Gasteiger partial charge >= 0.3 is 0 Å². The Kier molecular flexibility index (Phi) is 5.57. The van der Waals surface area contributed by atoms with Crippen LogP contribution >= 0.6 is 43.2 Å². The third-order valence-electron chi connectivity index (χ3n) is 2.80. The largest absolute Gasteiger partial charge is 0.306 e. The molecule has 0 fully saturated rings. The van der Waals surface area contributed by atoms with Crippen LogP contribution in [0, 0.1) is 5.82 Å². The first-order chi connectivity index (χ1) is 9.11. The fourth-order valence-electron chi connectivity index (χ4n) is 1.88. The van der Waals surface area contributed by atoms with Crippen LogP contribution in [0.5, 0.6) is 0 Å². The van der Waals surface area contributed by atoms with Crippen LogP contribution in [0.4, 0.5) is 4.39 Å². The molecule has 0 saturated carbocycles. The minimum Gasteiger partial charge on any atom is -0.306 e. The molecule has 102 valence electrons. The highest BCUT2D eigenvalue weighted by molar-refractivity contribution is 9.11. The van der Waals surface area contributed by atoms with Gasteiger partial charge in [-0.15, -0.1) is 11.3 Å². The predicted molar refractivity (Wildman–Crippen MR) is 86.3 cm³/mol. The Hall–Kier alpha value is -0.230. The number of thiophene rings is 1. The Balaban J connectivity index is 2.33. The SMILES string of the molecule is CCCNC(c1csc(Br)c1)c1ccc(F)c(Br)c1. The van der Waals surface area contributed by atoms with E-state index in [1.54, 1.807) is 11.3 Å². The van der Waals surface area contributed by atoms with Crippen molar-refractivity contribution < 1.29 is 4.39 Å². The van der Waals surface area contributed by atoms with E-state index >= 15 is 0 Å². The molecule has 0 bridgehead atoms. The van der Waals surface area contributed by atoms with Crippen LogP contribution in [0.3, 0.4) is 0 Å². The zero-order valence-corrected chi connectivity index (χ0v) is 14.4. The van der Waals surface area contributed by atoms with Gasteiger partial charge in [0, 0.05) is 0 Å². The molecule has 0 amide bonds. The van der Waals surface area contributed by atoms with Gasteiger partial charge in [0.15, 0.2) is 0 Å². The van der Waals surface area contributed by atoms with Gasteiger partial charge in [-0.3, -0.25) is 0 Å². The molecule has 1 aromatic carbocycles. The van der Waals surface area contributed by atoms with Gasteiger partial charge in [-0.2, -0.15) is 0 Å². The summed E-state index contributed by atoms with van der Waals surface area (Å²) in [6.07, 6.45) is 1.06. The molecule has 1 unspecified atom stereocenters. The summed E-state index contributed by atoms with van der Waals surface area (Å²) in [6.45, 7) is 3.06. The molecule has 0 aliphatic carbocycles. The van der Waals surface area contributed by atoms with Crippen molar-refractivity contribution in [3.05, 3.63) is 54.8 Å². The maximum absolute atomic E-state index is 13.3. The molecular formula is C14H14Br2FNS. The van der Waals surface area contributed by atoms with Crippen molar-refractivity contribution in [2.24, 2.45) is 0 Å². The lowest BCUT2D eigenvalue weighted by atomic mass is 10.0. The fraction of sp³-hybridized carbons (Fsp3) is 0.286. The topological polar surface area (TPSA) is 12.0 Å². The van der Waals surface area contributed by atoms with E-state index in [0.29, 0.717) is 4.47 Å². The molecule has 0 radical (unpaired) electrons. The summed E-state index contributed by atoms with van der Waals surface area (Å²) in [6, 6.07) is 7.38. The zero-order chi connectivity index (χ0) is 13.8. The highest BCUT2D eigenvalue weighted by Crippen LogP contribution is 2.31. The van der Waals surface area contributed by atoms with E-state index in [-0.39, 0.29) is 11.9 Å². The summed E-state index contributed by atoms with van der Waals surface area (Å²) in [5, 5.41) is 5.62. The van der Waals surface area contributed by atoms with E-state index in [4.69, 9.17) is 0 Å². The molecule has 1 atom stereocenters. The number of hydrogen-bond donors (Lipinski definition) is 1. The molecule has 1 N–H and O–H groups in total. The minimum atomic E-state index is -0.232.